The maximum atomic E-state index is 6.23. The monoisotopic (exact) mass is 257 g/mol. The molecular formula is C16H16ClN. The minimum absolute atomic E-state index is 0.923. The van der Waals surface area contributed by atoms with Crippen molar-refractivity contribution in [2.24, 2.45) is 0 Å². The Morgan fingerprint density at radius 3 is 2.67 bits per heavy atom. The summed E-state index contributed by atoms with van der Waals surface area (Å²) in [6.07, 6.45) is 1.06. The predicted molar refractivity (Wildman–Crippen MR) is 75.7 cm³/mol. The van der Waals surface area contributed by atoms with Crippen molar-refractivity contribution in [1.29, 1.82) is 0 Å². The lowest BCUT2D eigenvalue weighted by Gasteiger charge is -2.29. The van der Waals surface area contributed by atoms with Gasteiger partial charge in [0.05, 0.1) is 0 Å². The Labute approximate surface area is 113 Å². The van der Waals surface area contributed by atoms with Crippen molar-refractivity contribution in [3.8, 4) is 0 Å². The summed E-state index contributed by atoms with van der Waals surface area (Å²) in [7, 11) is 0. The molecule has 0 radical (unpaired) electrons. The molecule has 18 heavy (non-hydrogen) atoms. The molecule has 0 bridgehead atoms. The summed E-state index contributed by atoms with van der Waals surface area (Å²) in [5.74, 6) is 0. The number of benzene rings is 2. The van der Waals surface area contributed by atoms with Crippen LogP contribution in [0.3, 0.4) is 0 Å². The molecule has 1 nitrogen and oxygen atoms in total. The summed E-state index contributed by atoms with van der Waals surface area (Å²) < 4.78 is 0. The van der Waals surface area contributed by atoms with Crippen molar-refractivity contribution >= 4 is 11.6 Å². The van der Waals surface area contributed by atoms with Gasteiger partial charge in [0.1, 0.15) is 0 Å². The predicted octanol–water partition coefficient (Wildman–Crippen LogP) is 3.90. The van der Waals surface area contributed by atoms with Crippen LogP contribution in [0.5, 0.6) is 0 Å². The lowest BCUT2D eigenvalue weighted by atomic mass is 9.99. The van der Waals surface area contributed by atoms with Gasteiger partial charge in [0, 0.05) is 24.7 Å². The summed E-state index contributed by atoms with van der Waals surface area (Å²) in [5.41, 5.74) is 4.09. The third kappa shape index (κ3) is 2.43. The SMILES string of the molecule is Clc1cccc2c1CCN(Cc1ccccc1)C2. The van der Waals surface area contributed by atoms with Gasteiger partial charge < -0.3 is 0 Å². The Balaban J connectivity index is 1.76. The Kier molecular flexibility index (Phi) is 3.35. The first kappa shape index (κ1) is 11.8. The molecule has 1 aliphatic heterocycles. The number of halogens is 1. The van der Waals surface area contributed by atoms with E-state index < -0.39 is 0 Å². The molecular weight excluding hydrogens is 242 g/mol. The molecule has 0 fully saturated rings. The lowest BCUT2D eigenvalue weighted by molar-refractivity contribution is 0.245. The van der Waals surface area contributed by atoms with E-state index in [4.69, 9.17) is 11.6 Å². The molecule has 0 amide bonds. The zero-order valence-corrected chi connectivity index (χ0v) is 11.0. The Morgan fingerprint density at radius 2 is 1.83 bits per heavy atom. The summed E-state index contributed by atoms with van der Waals surface area (Å²) >= 11 is 6.23. The number of fused-ring (bicyclic) bond motifs is 1. The van der Waals surface area contributed by atoms with Gasteiger partial charge in [0.2, 0.25) is 0 Å². The maximum Gasteiger partial charge on any atom is 0.0441 e. The van der Waals surface area contributed by atoms with Gasteiger partial charge in [0.15, 0.2) is 0 Å². The van der Waals surface area contributed by atoms with Crippen LogP contribution >= 0.6 is 11.6 Å². The molecule has 0 atom stereocenters. The van der Waals surface area contributed by atoms with Crippen molar-refractivity contribution in [2.75, 3.05) is 6.54 Å². The lowest BCUT2D eigenvalue weighted by Crippen LogP contribution is -2.30. The molecule has 0 unspecified atom stereocenters. The topological polar surface area (TPSA) is 3.24 Å². The number of hydrogen-bond acceptors (Lipinski definition) is 1. The van der Waals surface area contributed by atoms with E-state index in [1.807, 2.05) is 12.1 Å². The first-order valence-electron chi connectivity index (χ1n) is 6.35. The molecule has 0 saturated heterocycles. The van der Waals surface area contributed by atoms with Crippen LogP contribution in [0.4, 0.5) is 0 Å². The molecule has 3 rings (SSSR count). The summed E-state index contributed by atoms with van der Waals surface area (Å²) in [6, 6.07) is 16.9. The maximum absolute atomic E-state index is 6.23. The van der Waals surface area contributed by atoms with Crippen LogP contribution in [0.1, 0.15) is 16.7 Å². The molecule has 0 aromatic heterocycles. The van der Waals surface area contributed by atoms with Gasteiger partial charge in [-0.25, -0.2) is 0 Å². The molecule has 2 aromatic rings. The van der Waals surface area contributed by atoms with Gasteiger partial charge in [0.25, 0.3) is 0 Å². The van der Waals surface area contributed by atoms with Crippen LogP contribution in [-0.4, -0.2) is 11.4 Å². The smallest absolute Gasteiger partial charge is 0.0441 e. The molecule has 2 heteroatoms. The van der Waals surface area contributed by atoms with E-state index in [1.165, 1.54) is 16.7 Å². The highest BCUT2D eigenvalue weighted by Gasteiger charge is 2.17. The van der Waals surface area contributed by atoms with Gasteiger partial charge in [-0.15, -0.1) is 0 Å². The molecule has 0 saturated carbocycles. The van der Waals surface area contributed by atoms with Crippen LogP contribution in [0.15, 0.2) is 48.5 Å². The number of nitrogens with zero attached hydrogens (tertiary/aromatic N) is 1. The number of hydrogen-bond donors (Lipinski definition) is 0. The van der Waals surface area contributed by atoms with E-state index in [2.05, 4.69) is 41.3 Å². The fourth-order valence-electron chi connectivity index (χ4n) is 2.60. The minimum atomic E-state index is 0.923. The summed E-state index contributed by atoms with van der Waals surface area (Å²) in [4.78, 5) is 2.48. The molecule has 0 aliphatic carbocycles. The van der Waals surface area contributed by atoms with Crippen molar-refractivity contribution in [3.05, 3.63) is 70.2 Å². The Morgan fingerprint density at radius 1 is 1.00 bits per heavy atom. The van der Waals surface area contributed by atoms with Crippen molar-refractivity contribution < 1.29 is 0 Å². The highest BCUT2D eigenvalue weighted by atomic mass is 35.5. The van der Waals surface area contributed by atoms with Gasteiger partial charge in [-0.1, -0.05) is 54.1 Å². The average molecular weight is 258 g/mol. The first-order valence-corrected chi connectivity index (χ1v) is 6.73. The highest BCUT2D eigenvalue weighted by Crippen LogP contribution is 2.26. The molecule has 2 aromatic carbocycles. The van der Waals surface area contributed by atoms with E-state index in [1.54, 1.807) is 0 Å². The summed E-state index contributed by atoms with van der Waals surface area (Å²) in [6.45, 7) is 3.11. The van der Waals surface area contributed by atoms with Gasteiger partial charge in [-0.05, 0) is 29.2 Å². The Hall–Kier alpha value is -1.31. The first-order chi connectivity index (χ1) is 8.83. The van der Waals surface area contributed by atoms with Gasteiger partial charge in [-0.3, -0.25) is 4.90 Å². The third-order valence-electron chi connectivity index (χ3n) is 3.54. The van der Waals surface area contributed by atoms with E-state index in [-0.39, 0.29) is 0 Å². The van der Waals surface area contributed by atoms with E-state index in [0.717, 1.165) is 31.1 Å². The molecule has 92 valence electrons. The van der Waals surface area contributed by atoms with Crippen LogP contribution in [0, 0.1) is 0 Å². The van der Waals surface area contributed by atoms with E-state index >= 15 is 0 Å². The quantitative estimate of drug-likeness (QED) is 0.789. The molecule has 0 spiro atoms. The largest absolute Gasteiger partial charge is 0.294 e. The standard InChI is InChI=1S/C16H16ClN/c17-16-8-4-7-14-12-18(10-9-15(14)16)11-13-5-2-1-3-6-13/h1-8H,9-12H2. The van der Waals surface area contributed by atoms with Gasteiger partial charge >= 0.3 is 0 Å². The molecule has 1 aliphatic rings. The van der Waals surface area contributed by atoms with Crippen LogP contribution < -0.4 is 0 Å². The third-order valence-corrected chi connectivity index (χ3v) is 3.89. The Bertz CT molecular complexity index is 536. The normalized spacial score (nSPS) is 15.4. The fourth-order valence-corrected chi connectivity index (χ4v) is 2.89. The van der Waals surface area contributed by atoms with E-state index in [0.29, 0.717) is 0 Å². The average Bonchev–Trinajstić information content (AvgIpc) is 2.40. The molecule has 1 heterocycles. The second-order valence-corrected chi connectivity index (χ2v) is 5.23. The van der Waals surface area contributed by atoms with E-state index in [9.17, 15) is 0 Å². The minimum Gasteiger partial charge on any atom is -0.294 e. The van der Waals surface area contributed by atoms with Crippen LogP contribution in [0.2, 0.25) is 5.02 Å². The molecule has 0 N–H and O–H groups in total. The van der Waals surface area contributed by atoms with Crippen LogP contribution in [-0.2, 0) is 19.5 Å². The second kappa shape index (κ2) is 5.13. The second-order valence-electron chi connectivity index (χ2n) is 4.82. The van der Waals surface area contributed by atoms with Crippen molar-refractivity contribution in [2.45, 2.75) is 19.5 Å². The highest BCUT2D eigenvalue weighted by molar-refractivity contribution is 6.31. The fraction of sp³-hybridized carbons (Fsp3) is 0.250. The zero-order chi connectivity index (χ0) is 12.4. The van der Waals surface area contributed by atoms with Crippen molar-refractivity contribution in [3.63, 3.8) is 0 Å². The van der Waals surface area contributed by atoms with Crippen molar-refractivity contribution in [1.82, 2.24) is 4.90 Å². The van der Waals surface area contributed by atoms with Gasteiger partial charge in [-0.2, -0.15) is 0 Å². The van der Waals surface area contributed by atoms with Crippen LogP contribution in [0.25, 0.3) is 0 Å². The number of rotatable bonds is 2. The zero-order valence-electron chi connectivity index (χ0n) is 10.3. The summed E-state index contributed by atoms with van der Waals surface area (Å²) in [5, 5.41) is 0.923.